The van der Waals surface area contributed by atoms with Crippen molar-refractivity contribution in [2.75, 3.05) is 49.6 Å². The number of likely N-dealkylation sites (N-methyl/N-ethyl adjacent to an activating group) is 1. The summed E-state index contributed by atoms with van der Waals surface area (Å²) in [5.74, 6) is -1.81. The molecule has 8 nitrogen and oxygen atoms in total. The van der Waals surface area contributed by atoms with Gasteiger partial charge in [-0.2, -0.15) is 5.06 Å². The van der Waals surface area contributed by atoms with E-state index in [1.165, 1.54) is 6.92 Å². The number of carbonyl (C=O) groups excluding carboxylic acids is 2. The lowest BCUT2D eigenvalue weighted by Gasteiger charge is -2.28. The zero-order valence-electron chi connectivity index (χ0n) is 19.6. The highest BCUT2D eigenvalue weighted by Crippen LogP contribution is 2.31. The third kappa shape index (κ3) is 6.42. The number of cyclic esters (lactones) is 1. The summed E-state index contributed by atoms with van der Waals surface area (Å²) >= 11 is 0. The SMILES string of the molecule is CCN(CCN(Cc1ccccc1)OC)c1c(F)cc(N2C[C@H](CNC(C)=O)OC2=O)cc1F. The molecule has 2 aromatic rings. The van der Waals surface area contributed by atoms with E-state index in [2.05, 4.69) is 5.32 Å². The zero-order valence-corrected chi connectivity index (χ0v) is 19.6. The second-order valence-corrected chi connectivity index (χ2v) is 7.92. The molecule has 1 aliphatic heterocycles. The Morgan fingerprint density at radius 1 is 1.21 bits per heavy atom. The third-order valence-electron chi connectivity index (χ3n) is 5.54. The van der Waals surface area contributed by atoms with Crippen LogP contribution >= 0.6 is 0 Å². The van der Waals surface area contributed by atoms with E-state index < -0.39 is 23.8 Å². The number of hydrogen-bond acceptors (Lipinski definition) is 6. The lowest BCUT2D eigenvalue weighted by atomic mass is 10.2. The Hall–Kier alpha value is -3.24. The van der Waals surface area contributed by atoms with Gasteiger partial charge in [0.25, 0.3) is 0 Å². The first-order valence-electron chi connectivity index (χ1n) is 11.1. The second kappa shape index (κ2) is 11.8. The molecule has 1 atom stereocenters. The van der Waals surface area contributed by atoms with Crippen molar-refractivity contribution in [2.45, 2.75) is 26.5 Å². The number of hydrogen-bond donors (Lipinski definition) is 1. The molecule has 0 aromatic heterocycles. The Bertz CT molecular complexity index is 969. The molecule has 34 heavy (non-hydrogen) atoms. The van der Waals surface area contributed by atoms with Crippen LogP contribution < -0.4 is 15.1 Å². The normalized spacial score (nSPS) is 15.5. The molecule has 184 valence electrons. The van der Waals surface area contributed by atoms with Crippen molar-refractivity contribution in [3.05, 3.63) is 59.7 Å². The molecular weight excluding hydrogens is 446 g/mol. The summed E-state index contributed by atoms with van der Waals surface area (Å²) in [6.45, 7) is 5.03. The summed E-state index contributed by atoms with van der Waals surface area (Å²) in [7, 11) is 1.56. The van der Waals surface area contributed by atoms with Crippen LogP contribution in [-0.2, 0) is 20.9 Å². The summed E-state index contributed by atoms with van der Waals surface area (Å²) in [5, 5.41) is 4.29. The van der Waals surface area contributed by atoms with Gasteiger partial charge in [0.2, 0.25) is 5.91 Å². The Morgan fingerprint density at radius 3 is 2.47 bits per heavy atom. The van der Waals surface area contributed by atoms with Gasteiger partial charge < -0.3 is 19.8 Å². The van der Waals surface area contributed by atoms with Gasteiger partial charge in [0, 0.05) is 45.2 Å². The number of benzene rings is 2. The Balaban J connectivity index is 1.68. The van der Waals surface area contributed by atoms with E-state index in [1.54, 1.807) is 17.1 Å². The molecule has 0 saturated carbocycles. The molecule has 0 bridgehead atoms. The van der Waals surface area contributed by atoms with Crippen LogP contribution in [-0.4, -0.2) is 63.0 Å². The Kier molecular flexibility index (Phi) is 8.78. The molecule has 0 aliphatic carbocycles. The molecule has 0 radical (unpaired) electrons. The maximum absolute atomic E-state index is 15.1. The van der Waals surface area contributed by atoms with Crippen molar-refractivity contribution in [3.8, 4) is 0 Å². The molecule has 3 rings (SSSR count). The number of amides is 2. The van der Waals surface area contributed by atoms with E-state index in [0.717, 1.165) is 22.6 Å². The molecule has 1 N–H and O–H groups in total. The summed E-state index contributed by atoms with van der Waals surface area (Å²) in [4.78, 5) is 31.5. The average Bonchev–Trinajstić information content (AvgIpc) is 3.19. The molecule has 2 aromatic carbocycles. The first-order valence-corrected chi connectivity index (χ1v) is 11.1. The van der Waals surface area contributed by atoms with Crippen LogP contribution in [0, 0.1) is 11.6 Å². The van der Waals surface area contributed by atoms with Crippen LogP contribution in [0.25, 0.3) is 0 Å². The minimum atomic E-state index is -0.776. The second-order valence-electron chi connectivity index (χ2n) is 7.92. The maximum Gasteiger partial charge on any atom is 0.414 e. The quantitative estimate of drug-likeness (QED) is 0.502. The van der Waals surface area contributed by atoms with Gasteiger partial charge in [0.1, 0.15) is 11.8 Å². The van der Waals surface area contributed by atoms with Gasteiger partial charge in [0.05, 0.1) is 25.9 Å². The van der Waals surface area contributed by atoms with E-state index in [1.807, 2.05) is 37.3 Å². The topological polar surface area (TPSA) is 74.3 Å². The number of nitrogens with zero attached hydrogens (tertiary/aromatic N) is 3. The molecule has 0 spiro atoms. The maximum atomic E-state index is 15.1. The zero-order chi connectivity index (χ0) is 24.7. The highest BCUT2D eigenvalue weighted by atomic mass is 19.1. The predicted octanol–water partition coefficient (Wildman–Crippen LogP) is 3.32. The summed E-state index contributed by atoms with van der Waals surface area (Å²) in [6, 6.07) is 12.0. The van der Waals surface area contributed by atoms with E-state index in [0.29, 0.717) is 26.2 Å². The molecule has 2 amide bonds. The van der Waals surface area contributed by atoms with Gasteiger partial charge in [-0.25, -0.2) is 13.6 Å². The van der Waals surface area contributed by atoms with Crippen molar-refractivity contribution in [1.82, 2.24) is 10.4 Å². The number of carbonyl (C=O) groups is 2. The van der Waals surface area contributed by atoms with Crippen LogP contribution in [0.1, 0.15) is 19.4 Å². The first-order chi connectivity index (χ1) is 16.3. The molecule has 1 aliphatic rings. The fourth-order valence-corrected chi connectivity index (χ4v) is 3.79. The summed E-state index contributed by atoms with van der Waals surface area (Å²) < 4.78 is 35.3. The molecule has 0 unspecified atom stereocenters. The number of anilines is 2. The summed E-state index contributed by atoms with van der Waals surface area (Å²) in [6.07, 6.45) is -1.31. The fraction of sp³-hybridized carbons (Fsp3) is 0.417. The smallest absolute Gasteiger partial charge is 0.414 e. The monoisotopic (exact) mass is 476 g/mol. The standard InChI is InChI=1S/C24H30F2N4O4/c1-4-28(10-11-29(33-3)15-18-8-6-5-7-9-18)23-21(25)12-19(13-22(23)26)30-16-20(34-24(30)32)14-27-17(2)31/h5-9,12-13,20H,4,10-11,14-16H2,1-3H3,(H,27,31)/t20-/m0/s1. The Labute approximate surface area is 198 Å². The third-order valence-corrected chi connectivity index (χ3v) is 5.54. The van der Waals surface area contributed by atoms with Crippen LogP contribution in [0.2, 0.25) is 0 Å². The fourth-order valence-electron chi connectivity index (χ4n) is 3.79. The highest BCUT2D eigenvalue weighted by Gasteiger charge is 2.33. The largest absolute Gasteiger partial charge is 0.442 e. The van der Waals surface area contributed by atoms with E-state index >= 15 is 8.78 Å². The van der Waals surface area contributed by atoms with E-state index in [-0.39, 0.29) is 30.4 Å². The molecule has 1 heterocycles. The van der Waals surface area contributed by atoms with Crippen molar-refractivity contribution in [3.63, 3.8) is 0 Å². The van der Waals surface area contributed by atoms with Gasteiger partial charge >= 0.3 is 6.09 Å². The minimum absolute atomic E-state index is 0.0627. The van der Waals surface area contributed by atoms with Crippen molar-refractivity contribution < 1.29 is 27.9 Å². The molecular formula is C24H30F2N4O4. The number of nitrogens with one attached hydrogen (secondary N) is 1. The van der Waals surface area contributed by atoms with Crippen molar-refractivity contribution >= 4 is 23.4 Å². The van der Waals surface area contributed by atoms with E-state index in [4.69, 9.17) is 9.57 Å². The van der Waals surface area contributed by atoms with Gasteiger partial charge in [-0.15, -0.1) is 0 Å². The van der Waals surface area contributed by atoms with Crippen LogP contribution in [0.3, 0.4) is 0 Å². The van der Waals surface area contributed by atoms with Crippen LogP contribution in [0.15, 0.2) is 42.5 Å². The van der Waals surface area contributed by atoms with Crippen LogP contribution in [0.5, 0.6) is 0 Å². The lowest BCUT2D eigenvalue weighted by molar-refractivity contribution is -0.136. The van der Waals surface area contributed by atoms with Gasteiger partial charge in [-0.3, -0.25) is 9.69 Å². The van der Waals surface area contributed by atoms with Crippen molar-refractivity contribution in [2.24, 2.45) is 0 Å². The number of halogens is 2. The van der Waals surface area contributed by atoms with E-state index in [9.17, 15) is 9.59 Å². The Morgan fingerprint density at radius 2 is 1.88 bits per heavy atom. The van der Waals surface area contributed by atoms with Gasteiger partial charge in [-0.1, -0.05) is 30.3 Å². The minimum Gasteiger partial charge on any atom is -0.442 e. The van der Waals surface area contributed by atoms with Gasteiger partial charge in [0.15, 0.2) is 11.6 Å². The van der Waals surface area contributed by atoms with Crippen molar-refractivity contribution in [1.29, 1.82) is 0 Å². The number of rotatable bonds is 11. The molecule has 1 saturated heterocycles. The molecule has 10 heteroatoms. The predicted molar refractivity (Wildman–Crippen MR) is 124 cm³/mol. The lowest BCUT2D eigenvalue weighted by Crippen LogP contribution is -2.35. The average molecular weight is 477 g/mol. The van der Waals surface area contributed by atoms with Gasteiger partial charge in [-0.05, 0) is 12.5 Å². The van der Waals surface area contributed by atoms with Crippen LogP contribution in [0.4, 0.5) is 25.0 Å². The first kappa shape index (κ1) is 25.4. The highest BCUT2D eigenvalue weighted by molar-refractivity contribution is 5.90. The number of hydroxylamine groups is 2. The number of ether oxygens (including phenoxy) is 1. The molecule has 1 fully saturated rings. The summed E-state index contributed by atoms with van der Waals surface area (Å²) in [5.41, 5.74) is 0.959.